The van der Waals surface area contributed by atoms with Crippen molar-refractivity contribution in [1.29, 1.82) is 0 Å². The summed E-state index contributed by atoms with van der Waals surface area (Å²) in [6.07, 6.45) is 0.678. The van der Waals surface area contributed by atoms with E-state index < -0.39 is 17.3 Å². The van der Waals surface area contributed by atoms with Gasteiger partial charge >= 0.3 is 0 Å². The predicted octanol–water partition coefficient (Wildman–Crippen LogP) is 3.73. The summed E-state index contributed by atoms with van der Waals surface area (Å²) >= 11 is 9.00. The number of amides is 1. The summed E-state index contributed by atoms with van der Waals surface area (Å²) < 4.78 is 14.1. The largest absolute Gasteiger partial charge is 0.346 e. The van der Waals surface area contributed by atoms with Gasteiger partial charge in [-0.25, -0.2) is 4.39 Å². The van der Waals surface area contributed by atoms with E-state index in [0.717, 1.165) is 0 Å². The van der Waals surface area contributed by atoms with Gasteiger partial charge in [0.25, 0.3) is 5.91 Å². The van der Waals surface area contributed by atoms with Crippen LogP contribution in [0.15, 0.2) is 22.7 Å². The monoisotopic (exact) mass is 321 g/mol. The number of carbonyl (C=O) groups excluding carboxylic acids is 1. The fourth-order valence-corrected chi connectivity index (χ4v) is 1.85. The van der Waals surface area contributed by atoms with Crippen molar-refractivity contribution in [3.05, 3.63) is 34.1 Å². The second kappa shape index (κ2) is 5.83. The first-order valence-corrected chi connectivity index (χ1v) is 6.58. The molecular formula is C12H14BrClFNO. The summed E-state index contributed by atoms with van der Waals surface area (Å²) in [5.41, 5.74) is -0.503. The van der Waals surface area contributed by atoms with Gasteiger partial charge in [-0.05, 0) is 31.5 Å². The van der Waals surface area contributed by atoms with Crippen molar-refractivity contribution in [3.8, 4) is 0 Å². The number of benzene rings is 1. The molecule has 1 aromatic carbocycles. The molecule has 2 nitrogen and oxygen atoms in total. The molecule has 1 N–H and O–H groups in total. The molecule has 0 aliphatic rings. The molecule has 5 heteroatoms. The summed E-state index contributed by atoms with van der Waals surface area (Å²) in [6.45, 7) is 3.74. The average Bonchev–Trinajstić information content (AvgIpc) is 2.32. The van der Waals surface area contributed by atoms with Crippen LogP contribution in [0.25, 0.3) is 0 Å². The Hall–Kier alpha value is -0.610. The third kappa shape index (κ3) is 3.68. The number of hydrogen-bond donors (Lipinski definition) is 1. The first-order chi connectivity index (χ1) is 7.91. The van der Waals surface area contributed by atoms with Crippen LogP contribution in [-0.2, 0) is 0 Å². The molecule has 17 heavy (non-hydrogen) atoms. The van der Waals surface area contributed by atoms with Crippen molar-refractivity contribution < 1.29 is 9.18 Å². The van der Waals surface area contributed by atoms with Crippen LogP contribution in [0.2, 0.25) is 0 Å². The molecule has 0 bridgehead atoms. The molecule has 1 rings (SSSR count). The minimum absolute atomic E-state index is 0.0177. The summed E-state index contributed by atoms with van der Waals surface area (Å²) in [4.78, 5) is 11.9. The lowest BCUT2D eigenvalue weighted by Gasteiger charge is -2.27. The molecule has 1 atom stereocenters. The standard InChI is InChI=1S/C12H14BrClFNO/c1-3-12(2,7-14)16-11(17)9-6-8(13)4-5-10(9)15/h4-6H,3,7H2,1-2H3,(H,16,17). The van der Waals surface area contributed by atoms with E-state index in [1.54, 1.807) is 6.07 Å². The molecule has 0 aromatic heterocycles. The van der Waals surface area contributed by atoms with Crippen LogP contribution >= 0.6 is 27.5 Å². The number of halogens is 3. The number of carbonyl (C=O) groups is 1. The number of hydrogen-bond acceptors (Lipinski definition) is 1. The highest BCUT2D eigenvalue weighted by molar-refractivity contribution is 9.10. The topological polar surface area (TPSA) is 29.1 Å². The Kier molecular flexibility index (Phi) is 4.95. The Balaban J connectivity index is 2.94. The molecule has 0 saturated carbocycles. The fourth-order valence-electron chi connectivity index (χ4n) is 1.23. The Labute approximate surface area is 114 Å². The van der Waals surface area contributed by atoms with Crippen LogP contribution in [0.5, 0.6) is 0 Å². The third-order valence-corrected chi connectivity index (χ3v) is 3.75. The SMILES string of the molecule is CCC(C)(CCl)NC(=O)c1cc(Br)ccc1F. The average molecular weight is 323 g/mol. The maximum absolute atomic E-state index is 13.5. The van der Waals surface area contributed by atoms with E-state index in [4.69, 9.17) is 11.6 Å². The van der Waals surface area contributed by atoms with Gasteiger partial charge < -0.3 is 5.32 Å². The van der Waals surface area contributed by atoms with Crippen LogP contribution in [-0.4, -0.2) is 17.3 Å². The molecule has 0 saturated heterocycles. The van der Waals surface area contributed by atoms with Crippen LogP contribution in [0.1, 0.15) is 30.6 Å². The highest BCUT2D eigenvalue weighted by Gasteiger charge is 2.25. The van der Waals surface area contributed by atoms with E-state index in [-0.39, 0.29) is 11.4 Å². The Bertz CT molecular complexity index is 421. The molecular weight excluding hydrogens is 308 g/mol. The lowest BCUT2D eigenvalue weighted by molar-refractivity contribution is 0.0908. The summed E-state index contributed by atoms with van der Waals surface area (Å²) in [6, 6.07) is 4.25. The molecule has 0 heterocycles. The zero-order chi connectivity index (χ0) is 13.1. The predicted molar refractivity (Wildman–Crippen MR) is 71.0 cm³/mol. The highest BCUT2D eigenvalue weighted by Crippen LogP contribution is 2.18. The lowest BCUT2D eigenvalue weighted by atomic mass is 10.0. The molecule has 1 amide bonds. The summed E-state index contributed by atoms with van der Waals surface area (Å²) in [5, 5.41) is 2.75. The summed E-state index contributed by atoms with van der Waals surface area (Å²) in [7, 11) is 0. The van der Waals surface area contributed by atoms with Crippen molar-refractivity contribution >= 4 is 33.4 Å². The van der Waals surface area contributed by atoms with Gasteiger partial charge in [-0.3, -0.25) is 4.79 Å². The first-order valence-electron chi connectivity index (χ1n) is 5.25. The maximum atomic E-state index is 13.5. The van der Waals surface area contributed by atoms with Gasteiger partial charge in [0, 0.05) is 10.4 Å². The quantitative estimate of drug-likeness (QED) is 0.841. The fraction of sp³-hybridized carbons (Fsp3) is 0.417. The molecule has 1 unspecified atom stereocenters. The number of nitrogens with one attached hydrogen (secondary N) is 1. The van der Waals surface area contributed by atoms with Crippen molar-refractivity contribution in [2.45, 2.75) is 25.8 Å². The van der Waals surface area contributed by atoms with Crippen molar-refractivity contribution in [1.82, 2.24) is 5.32 Å². The van der Waals surface area contributed by atoms with E-state index in [2.05, 4.69) is 21.2 Å². The Morgan fingerprint density at radius 3 is 2.76 bits per heavy atom. The minimum Gasteiger partial charge on any atom is -0.346 e. The molecule has 1 aromatic rings. The van der Waals surface area contributed by atoms with Gasteiger partial charge in [0.15, 0.2) is 0 Å². The Morgan fingerprint density at radius 2 is 2.24 bits per heavy atom. The molecule has 0 aliphatic carbocycles. The second-order valence-electron chi connectivity index (χ2n) is 4.13. The van der Waals surface area contributed by atoms with E-state index in [1.165, 1.54) is 12.1 Å². The number of rotatable bonds is 4. The Morgan fingerprint density at radius 1 is 1.59 bits per heavy atom. The first kappa shape index (κ1) is 14.5. The van der Waals surface area contributed by atoms with Crippen LogP contribution in [0, 0.1) is 5.82 Å². The van der Waals surface area contributed by atoms with Gasteiger partial charge in [0.1, 0.15) is 5.82 Å². The van der Waals surface area contributed by atoms with E-state index in [1.807, 2.05) is 13.8 Å². The van der Waals surface area contributed by atoms with Crippen LogP contribution in [0.4, 0.5) is 4.39 Å². The van der Waals surface area contributed by atoms with E-state index >= 15 is 0 Å². The van der Waals surface area contributed by atoms with Crippen molar-refractivity contribution in [3.63, 3.8) is 0 Å². The maximum Gasteiger partial charge on any atom is 0.254 e. The highest BCUT2D eigenvalue weighted by atomic mass is 79.9. The zero-order valence-electron chi connectivity index (χ0n) is 9.69. The molecule has 0 fully saturated rings. The zero-order valence-corrected chi connectivity index (χ0v) is 12.0. The van der Waals surface area contributed by atoms with Gasteiger partial charge in [-0.2, -0.15) is 0 Å². The second-order valence-corrected chi connectivity index (χ2v) is 5.31. The smallest absolute Gasteiger partial charge is 0.254 e. The van der Waals surface area contributed by atoms with Crippen molar-refractivity contribution in [2.75, 3.05) is 5.88 Å². The van der Waals surface area contributed by atoms with Gasteiger partial charge in [-0.15, -0.1) is 11.6 Å². The molecule has 0 aliphatic heterocycles. The van der Waals surface area contributed by atoms with Gasteiger partial charge in [0.05, 0.1) is 11.1 Å². The third-order valence-electron chi connectivity index (χ3n) is 2.66. The van der Waals surface area contributed by atoms with Gasteiger partial charge in [-0.1, -0.05) is 22.9 Å². The number of alkyl halides is 1. The molecule has 94 valence electrons. The molecule has 0 radical (unpaired) electrons. The van der Waals surface area contributed by atoms with E-state index in [0.29, 0.717) is 10.9 Å². The normalized spacial score (nSPS) is 14.2. The van der Waals surface area contributed by atoms with Gasteiger partial charge in [0.2, 0.25) is 0 Å². The summed E-state index contributed by atoms with van der Waals surface area (Å²) in [5.74, 6) is -0.710. The van der Waals surface area contributed by atoms with Crippen molar-refractivity contribution in [2.24, 2.45) is 0 Å². The molecule has 0 spiro atoms. The van der Waals surface area contributed by atoms with Crippen LogP contribution in [0.3, 0.4) is 0 Å². The minimum atomic E-state index is -0.543. The lowest BCUT2D eigenvalue weighted by Crippen LogP contribution is -2.47. The van der Waals surface area contributed by atoms with E-state index in [9.17, 15) is 9.18 Å². The van der Waals surface area contributed by atoms with Crippen LogP contribution < -0.4 is 5.32 Å².